The van der Waals surface area contributed by atoms with Crippen molar-refractivity contribution in [3.8, 4) is 5.75 Å². The van der Waals surface area contributed by atoms with Gasteiger partial charge in [0.15, 0.2) is 11.5 Å². The number of carbonyl (C=O) groups excluding carboxylic acids is 2. The van der Waals surface area contributed by atoms with Crippen molar-refractivity contribution in [3.05, 3.63) is 138 Å². The first-order valence-electron chi connectivity index (χ1n) is 13.9. The van der Waals surface area contributed by atoms with Crippen LogP contribution in [0.5, 0.6) is 5.75 Å². The van der Waals surface area contributed by atoms with E-state index >= 15 is 0 Å². The second-order valence-corrected chi connectivity index (χ2v) is 10.4. The van der Waals surface area contributed by atoms with E-state index in [4.69, 9.17) is 15.5 Å². The molecule has 0 bridgehead atoms. The first-order chi connectivity index (χ1) is 20.0. The predicted molar refractivity (Wildman–Crippen MR) is 158 cm³/mol. The van der Waals surface area contributed by atoms with E-state index in [0.29, 0.717) is 18.7 Å². The molecule has 0 saturated carbocycles. The smallest absolute Gasteiger partial charge is 0.266 e. The Morgan fingerprint density at radius 1 is 0.829 bits per heavy atom. The fourth-order valence-corrected chi connectivity index (χ4v) is 5.67. The Morgan fingerprint density at radius 3 is 2.02 bits per heavy atom. The highest BCUT2D eigenvalue weighted by molar-refractivity contribution is 6.09. The van der Waals surface area contributed by atoms with Crippen molar-refractivity contribution in [1.29, 1.82) is 0 Å². The quantitative estimate of drug-likeness (QED) is 0.356. The van der Waals surface area contributed by atoms with Gasteiger partial charge in [-0.25, -0.2) is 4.99 Å². The minimum absolute atomic E-state index is 0.0256. The molecule has 0 spiro atoms. The van der Waals surface area contributed by atoms with Crippen LogP contribution in [0.4, 0.5) is 0 Å². The lowest BCUT2D eigenvalue weighted by Crippen LogP contribution is -2.43. The van der Waals surface area contributed by atoms with Crippen molar-refractivity contribution in [1.82, 2.24) is 9.80 Å². The molecule has 7 heteroatoms. The summed E-state index contributed by atoms with van der Waals surface area (Å²) >= 11 is 0. The molecule has 2 aliphatic heterocycles. The molecule has 4 aromatic rings. The maximum absolute atomic E-state index is 14.1. The summed E-state index contributed by atoms with van der Waals surface area (Å²) in [6, 6.07) is 36.2. The lowest BCUT2D eigenvalue weighted by atomic mass is 9.83. The van der Waals surface area contributed by atoms with Crippen LogP contribution in [0.1, 0.15) is 39.9 Å². The number of hydrogen-bond acceptors (Lipinski definition) is 5. The highest BCUT2D eigenvalue weighted by atomic mass is 16.5. The molecule has 0 aliphatic carbocycles. The van der Waals surface area contributed by atoms with Crippen LogP contribution in [0.15, 0.2) is 120 Å². The van der Waals surface area contributed by atoms with Crippen LogP contribution < -0.4 is 10.5 Å². The zero-order valence-corrected chi connectivity index (χ0v) is 22.7. The van der Waals surface area contributed by atoms with E-state index in [0.717, 1.165) is 35.3 Å². The number of guanidine groups is 1. The van der Waals surface area contributed by atoms with E-state index in [9.17, 15) is 9.59 Å². The van der Waals surface area contributed by atoms with Crippen LogP contribution in [-0.2, 0) is 16.9 Å². The molecule has 2 heterocycles. The highest BCUT2D eigenvalue weighted by Gasteiger charge is 2.50. The maximum Gasteiger partial charge on any atom is 0.266 e. The summed E-state index contributed by atoms with van der Waals surface area (Å²) in [4.78, 5) is 35.7. The predicted octanol–water partition coefficient (Wildman–Crippen LogP) is 4.97. The van der Waals surface area contributed by atoms with Crippen molar-refractivity contribution >= 4 is 17.8 Å². The molecule has 41 heavy (non-hydrogen) atoms. The molecule has 206 valence electrons. The SMILES string of the molecule is NC1=NC(c2ccccc2)(c2ccccc2)C(=O)N1Cc1cccc(C(=O)N2CCC(Oc3ccccc3)CC2)c1. The molecule has 6 rings (SSSR count). The minimum Gasteiger partial charge on any atom is -0.490 e. The number of amides is 2. The van der Waals surface area contributed by atoms with Crippen molar-refractivity contribution in [3.63, 3.8) is 0 Å². The molecule has 0 aromatic heterocycles. The molecule has 0 radical (unpaired) electrons. The molecule has 2 aliphatic rings. The zero-order chi connectivity index (χ0) is 28.2. The number of likely N-dealkylation sites (tertiary alicyclic amines) is 1. The normalized spacial score (nSPS) is 16.9. The maximum atomic E-state index is 14.1. The van der Waals surface area contributed by atoms with Crippen LogP contribution in [-0.4, -0.2) is 46.8 Å². The summed E-state index contributed by atoms with van der Waals surface area (Å²) in [5.74, 6) is 0.764. The van der Waals surface area contributed by atoms with E-state index in [1.54, 1.807) is 0 Å². The Morgan fingerprint density at radius 2 is 1.41 bits per heavy atom. The lowest BCUT2D eigenvalue weighted by molar-refractivity contribution is -0.130. The first-order valence-corrected chi connectivity index (χ1v) is 13.9. The Bertz CT molecular complexity index is 1510. The molecule has 2 amide bonds. The van der Waals surface area contributed by atoms with Gasteiger partial charge in [-0.3, -0.25) is 14.5 Å². The van der Waals surface area contributed by atoms with Crippen molar-refractivity contribution in [2.24, 2.45) is 10.7 Å². The van der Waals surface area contributed by atoms with Crippen LogP contribution >= 0.6 is 0 Å². The molecule has 0 unspecified atom stereocenters. The Hall–Kier alpha value is -4.91. The van der Waals surface area contributed by atoms with Crippen LogP contribution in [0.2, 0.25) is 0 Å². The number of para-hydroxylation sites is 1. The molecule has 1 saturated heterocycles. The van der Waals surface area contributed by atoms with E-state index in [1.807, 2.05) is 120 Å². The summed E-state index contributed by atoms with van der Waals surface area (Å²) in [5, 5.41) is 0. The van der Waals surface area contributed by atoms with E-state index in [2.05, 4.69) is 0 Å². The molecule has 1 fully saturated rings. The fourth-order valence-electron chi connectivity index (χ4n) is 5.67. The second kappa shape index (κ2) is 11.3. The number of ether oxygens (including phenoxy) is 1. The largest absolute Gasteiger partial charge is 0.490 e. The van der Waals surface area contributed by atoms with Crippen molar-refractivity contribution in [2.45, 2.75) is 31.0 Å². The molecular formula is C34H32N4O3. The summed E-state index contributed by atoms with van der Waals surface area (Å²) in [7, 11) is 0. The number of aliphatic imine (C=N–C) groups is 1. The van der Waals surface area contributed by atoms with Gasteiger partial charge in [0.2, 0.25) is 0 Å². The van der Waals surface area contributed by atoms with E-state index in [1.165, 1.54) is 4.90 Å². The number of nitrogens with two attached hydrogens (primary N) is 1. The van der Waals surface area contributed by atoms with Gasteiger partial charge in [-0.05, 0) is 41.0 Å². The number of hydrogen-bond donors (Lipinski definition) is 1. The third kappa shape index (κ3) is 5.18. The highest BCUT2D eigenvalue weighted by Crippen LogP contribution is 2.40. The van der Waals surface area contributed by atoms with Crippen molar-refractivity contribution in [2.75, 3.05) is 13.1 Å². The Balaban J connectivity index is 1.17. The number of nitrogens with zero attached hydrogens (tertiary/aromatic N) is 3. The summed E-state index contributed by atoms with van der Waals surface area (Å²) in [6.07, 6.45) is 1.64. The number of rotatable bonds is 7. The summed E-state index contributed by atoms with van der Waals surface area (Å²) in [5.41, 5.74) is 8.06. The summed E-state index contributed by atoms with van der Waals surface area (Å²) < 4.78 is 6.08. The van der Waals surface area contributed by atoms with Gasteiger partial charge < -0.3 is 15.4 Å². The number of carbonyl (C=O) groups is 2. The monoisotopic (exact) mass is 544 g/mol. The first kappa shape index (κ1) is 26.3. The zero-order valence-electron chi connectivity index (χ0n) is 22.7. The van der Waals surface area contributed by atoms with E-state index in [-0.39, 0.29) is 30.4 Å². The molecular weight excluding hydrogens is 512 g/mol. The lowest BCUT2D eigenvalue weighted by Gasteiger charge is -2.32. The van der Waals surface area contributed by atoms with Crippen LogP contribution in [0.25, 0.3) is 0 Å². The standard InChI is InChI=1S/C34H32N4O3/c35-33-36-34(27-13-4-1-5-14-27,28-15-6-2-7-16-28)32(40)38(33)24-25-11-10-12-26(23-25)31(39)37-21-19-30(20-22-37)41-29-17-8-3-9-18-29/h1-18,23,30H,19-22,24H2,(H2,35,36). The average molecular weight is 545 g/mol. The summed E-state index contributed by atoms with van der Waals surface area (Å²) in [6.45, 7) is 1.46. The van der Waals surface area contributed by atoms with Gasteiger partial charge in [0.05, 0.1) is 6.54 Å². The third-order valence-corrected chi connectivity index (χ3v) is 7.79. The second-order valence-electron chi connectivity index (χ2n) is 10.4. The Labute approximate surface area is 239 Å². The van der Waals surface area contributed by atoms with Gasteiger partial charge in [-0.1, -0.05) is 91.0 Å². The van der Waals surface area contributed by atoms with Gasteiger partial charge in [-0.2, -0.15) is 0 Å². The molecule has 4 aromatic carbocycles. The Kier molecular flexibility index (Phi) is 7.25. The van der Waals surface area contributed by atoms with Gasteiger partial charge in [0.1, 0.15) is 11.9 Å². The van der Waals surface area contributed by atoms with Crippen LogP contribution in [0.3, 0.4) is 0 Å². The van der Waals surface area contributed by atoms with Gasteiger partial charge >= 0.3 is 0 Å². The number of benzene rings is 4. The molecule has 2 N–H and O–H groups in total. The minimum atomic E-state index is -1.26. The molecule has 7 nitrogen and oxygen atoms in total. The fraction of sp³-hybridized carbons (Fsp3) is 0.206. The molecule has 0 atom stereocenters. The van der Waals surface area contributed by atoms with Gasteiger partial charge in [-0.15, -0.1) is 0 Å². The topological polar surface area (TPSA) is 88.2 Å². The van der Waals surface area contributed by atoms with Gasteiger partial charge in [0, 0.05) is 31.5 Å². The average Bonchev–Trinajstić information content (AvgIpc) is 3.28. The van der Waals surface area contributed by atoms with E-state index < -0.39 is 5.54 Å². The van der Waals surface area contributed by atoms with Crippen LogP contribution in [0, 0.1) is 0 Å². The van der Waals surface area contributed by atoms with Gasteiger partial charge in [0.25, 0.3) is 11.8 Å². The third-order valence-electron chi connectivity index (χ3n) is 7.79. The van der Waals surface area contributed by atoms with Crippen molar-refractivity contribution < 1.29 is 14.3 Å². The number of piperidine rings is 1.